The number of nitrogens with zero attached hydrogens (tertiary/aromatic N) is 1. The Bertz CT molecular complexity index is 428. The maximum absolute atomic E-state index is 10.7. The van der Waals surface area contributed by atoms with Crippen LogP contribution in [0.2, 0.25) is 0 Å². The second kappa shape index (κ2) is 4.11. The summed E-state index contributed by atoms with van der Waals surface area (Å²) in [6, 6.07) is 3.57. The fourth-order valence-corrected chi connectivity index (χ4v) is 1.03. The van der Waals surface area contributed by atoms with Gasteiger partial charge in [0.2, 0.25) is 0 Å². The van der Waals surface area contributed by atoms with Crippen molar-refractivity contribution in [1.82, 2.24) is 0 Å². The minimum absolute atomic E-state index is 0.364. The molecule has 0 saturated heterocycles. The predicted octanol–water partition coefficient (Wildman–Crippen LogP) is 0.943. The molecule has 0 aliphatic carbocycles. The SMILES string of the molecule is N#COc1c(C(=O)O)cccc1C(=O)O. The monoisotopic (exact) mass is 207 g/mol. The lowest BCUT2D eigenvalue weighted by molar-refractivity contribution is 0.0693. The lowest BCUT2D eigenvalue weighted by Gasteiger charge is -2.04. The molecule has 0 aromatic heterocycles. The Morgan fingerprint density at radius 1 is 1.20 bits per heavy atom. The molecule has 0 radical (unpaired) electrons. The molecular weight excluding hydrogens is 202 g/mol. The van der Waals surface area contributed by atoms with Gasteiger partial charge in [-0.15, -0.1) is 5.26 Å². The van der Waals surface area contributed by atoms with Crippen molar-refractivity contribution < 1.29 is 24.5 Å². The van der Waals surface area contributed by atoms with Crippen LogP contribution in [0.15, 0.2) is 18.2 Å². The van der Waals surface area contributed by atoms with Gasteiger partial charge < -0.3 is 14.9 Å². The Morgan fingerprint density at radius 2 is 1.67 bits per heavy atom. The summed E-state index contributed by atoms with van der Waals surface area (Å²) < 4.78 is 4.33. The van der Waals surface area contributed by atoms with Gasteiger partial charge in [-0.05, 0) is 12.1 Å². The molecule has 76 valence electrons. The van der Waals surface area contributed by atoms with Crippen molar-refractivity contribution in [3.8, 4) is 12.0 Å². The minimum atomic E-state index is -1.36. The molecule has 0 unspecified atom stereocenters. The normalized spacial score (nSPS) is 9.00. The second-order valence-corrected chi connectivity index (χ2v) is 2.49. The predicted molar refractivity (Wildman–Crippen MR) is 46.6 cm³/mol. The van der Waals surface area contributed by atoms with Crippen molar-refractivity contribution in [2.24, 2.45) is 0 Å². The molecule has 0 aliphatic heterocycles. The van der Waals surface area contributed by atoms with Gasteiger partial charge >= 0.3 is 11.9 Å². The molecule has 0 spiro atoms. The molecule has 6 heteroatoms. The molecule has 0 fully saturated rings. The number of aromatic carboxylic acids is 2. The van der Waals surface area contributed by atoms with Crippen LogP contribution in [0.1, 0.15) is 20.7 Å². The van der Waals surface area contributed by atoms with Crippen LogP contribution in [-0.2, 0) is 0 Å². The van der Waals surface area contributed by atoms with Gasteiger partial charge in [-0.25, -0.2) is 9.59 Å². The van der Waals surface area contributed by atoms with Crippen molar-refractivity contribution in [2.45, 2.75) is 0 Å². The van der Waals surface area contributed by atoms with Crippen LogP contribution in [0.25, 0.3) is 0 Å². The molecule has 15 heavy (non-hydrogen) atoms. The van der Waals surface area contributed by atoms with Crippen LogP contribution in [0, 0.1) is 11.5 Å². The largest absolute Gasteiger partial charge is 0.478 e. The van der Waals surface area contributed by atoms with Crippen LogP contribution >= 0.6 is 0 Å². The van der Waals surface area contributed by atoms with E-state index in [0.717, 1.165) is 12.1 Å². The number of carboxylic acids is 2. The van der Waals surface area contributed by atoms with Crippen LogP contribution in [0.4, 0.5) is 0 Å². The molecular formula is C9H5NO5. The average molecular weight is 207 g/mol. The smallest absolute Gasteiger partial charge is 0.339 e. The lowest BCUT2D eigenvalue weighted by atomic mass is 10.1. The number of carbonyl (C=O) groups is 2. The summed E-state index contributed by atoms with van der Waals surface area (Å²) in [7, 11) is 0. The third kappa shape index (κ3) is 2.03. The van der Waals surface area contributed by atoms with E-state index in [1.807, 2.05) is 0 Å². The summed E-state index contributed by atoms with van der Waals surface area (Å²) >= 11 is 0. The van der Waals surface area contributed by atoms with Crippen molar-refractivity contribution in [2.75, 3.05) is 0 Å². The molecule has 0 bridgehead atoms. The fourth-order valence-electron chi connectivity index (χ4n) is 1.03. The Labute approximate surface area is 83.9 Å². The first-order chi connectivity index (χ1) is 7.07. The first kappa shape index (κ1) is 10.5. The van der Waals surface area contributed by atoms with Gasteiger partial charge in [0, 0.05) is 0 Å². The number of rotatable bonds is 3. The van der Waals surface area contributed by atoms with Crippen LogP contribution < -0.4 is 4.74 Å². The van der Waals surface area contributed by atoms with E-state index < -0.39 is 17.7 Å². The summed E-state index contributed by atoms with van der Waals surface area (Å²) in [6.45, 7) is 0. The minimum Gasteiger partial charge on any atom is -0.478 e. The summed E-state index contributed by atoms with van der Waals surface area (Å²) in [4.78, 5) is 21.4. The highest BCUT2D eigenvalue weighted by molar-refractivity contribution is 5.98. The average Bonchev–Trinajstić information content (AvgIpc) is 2.17. The highest BCUT2D eigenvalue weighted by Crippen LogP contribution is 2.24. The Balaban J connectivity index is 3.42. The van der Waals surface area contributed by atoms with Crippen molar-refractivity contribution >= 4 is 11.9 Å². The van der Waals surface area contributed by atoms with E-state index in [1.165, 1.54) is 12.3 Å². The highest BCUT2D eigenvalue weighted by Gasteiger charge is 2.19. The van der Waals surface area contributed by atoms with Crippen molar-refractivity contribution in [3.63, 3.8) is 0 Å². The van der Waals surface area contributed by atoms with Gasteiger partial charge in [0.05, 0.1) is 0 Å². The summed E-state index contributed by atoms with van der Waals surface area (Å²) in [5.41, 5.74) is -0.729. The quantitative estimate of drug-likeness (QED) is 0.714. The third-order valence-corrected chi connectivity index (χ3v) is 1.62. The van der Waals surface area contributed by atoms with E-state index in [0.29, 0.717) is 0 Å². The molecule has 6 nitrogen and oxygen atoms in total. The van der Waals surface area contributed by atoms with Crippen LogP contribution in [-0.4, -0.2) is 22.2 Å². The fraction of sp³-hybridized carbons (Fsp3) is 0. The zero-order valence-electron chi connectivity index (χ0n) is 7.30. The van der Waals surface area contributed by atoms with E-state index in [9.17, 15) is 9.59 Å². The van der Waals surface area contributed by atoms with Crippen molar-refractivity contribution in [1.29, 1.82) is 5.26 Å². The van der Waals surface area contributed by atoms with E-state index in [2.05, 4.69) is 4.74 Å². The summed E-state index contributed by atoms with van der Waals surface area (Å²) in [5.74, 6) is -3.17. The maximum atomic E-state index is 10.7. The van der Waals surface area contributed by atoms with Crippen LogP contribution in [0.3, 0.4) is 0 Å². The Kier molecular flexibility index (Phi) is 2.88. The standard InChI is InChI=1S/C9H5NO5/c10-4-15-7-5(8(11)12)2-1-3-6(7)9(13)14/h1-3H,(H,11,12)(H,13,14). The summed E-state index contributed by atoms with van der Waals surface area (Å²) in [6.07, 6.45) is 1.25. The number of ether oxygens (including phenoxy) is 1. The Morgan fingerprint density at radius 3 is 2.00 bits per heavy atom. The number of benzene rings is 1. The van der Waals surface area contributed by atoms with E-state index >= 15 is 0 Å². The van der Waals surface area contributed by atoms with Gasteiger partial charge in [0.1, 0.15) is 11.1 Å². The highest BCUT2D eigenvalue weighted by atomic mass is 16.5. The number of hydrogen-bond acceptors (Lipinski definition) is 4. The van der Waals surface area contributed by atoms with E-state index in [1.54, 1.807) is 0 Å². The molecule has 1 aromatic rings. The van der Waals surface area contributed by atoms with Gasteiger partial charge in [-0.2, -0.15) is 0 Å². The van der Waals surface area contributed by atoms with Gasteiger partial charge in [-0.1, -0.05) is 6.07 Å². The van der Waals surface area contributed by atoms with Gasteiger partial charge in [0.25, 0.3) is 6.26 Å². The van der Waals surface area contributed by atoms with Crippen molar-refractivity contribution in [3.05, 3.63) is 29.3 Å². The summed E-state index contributed by atoms with van der Waals surface area (Å²) in [5, 5.41) is 25.7. The zero-order valence-corrected chi connectivity index (χ0v) is 7.30. The third-order valence-electron chi connectivity index (χ3n) is 1.62. The number of carboxylic acid groups (broad SMARTS) is 2. The number of nitriles is 1. The molecule has 0 amide bonds. The van der Waals surface area contributed by atoms with Gasteiger partial charge in [-0.3, -0.25) is 0 Å². The molecule has 1 aromatic carbocycles. The lowest BCUT2D eigenvalue weighted by Crippen LogP contribution is -2.06. The molecule has 0 saturated carbocycles. The molecule has 0 aliphatic rings. The molecule has 0 atom stereocenters. The number of hydrogen-bond donors (Lipinski definition) is 2. The molecule has 1 rings (SSSR count). The zero-order chi connectivity index (χ0) is 11.4. The Hall–Kier alpha value is -2.55. The molecule has 0 heterocycles. The van der Waals surface area contributed by atoms with Crippen LogP contribution in [0.5, 0.6) is 5.75 Å². The first-order valence-corrected chi connectivity index (χ1v) is 3.73. The topological polar surface area (TPSA) is 108 Å². The van der Waals surface area contributed by atoms with Gasteiger partial charge in [0.15, 0.2) is 5.75 Å². The second-order valence-electron chi connectivity index (χ2n) is 2.49. The maximum Gasteiger partial charge on any atom is 0.339 e. The van der Waals surface area contributed by atoms with E-state index in [-0.39, 0.29) is 11.1 Å². The first-order valence-electron chi connectivity index (χ1n) is 3.73. The molecule has 2 N–H and O–H groups in total. The number of para-hydroxylation sites is 1. The van der Waals surface area contributed by atoms with E-state index in [4.69, 9.17) is 15.5 Å².